The topological polar surface area (TPSA) is 47.3 Å². The van der Waals surface area contributed by atoms with Crippen molar-refractivity contribution >= 4 is 0 Å². The highest BCUT2D eigenvalue weighted by atomic mass is 16.5. The molecule has 3 heteroatoms. The van der Waals surface area contributed by atoms with E-state index in [0.29, 0.717) is 19.8 Å². The number of rotatable bonds is 8. The lowest BCUT2D eigenvalue weighted by molar-refractivity contribution is 0.155. The quantitative estimate of drug-likeness (QED) is 0.547. The van der Waals surface area contributed by atoms with Crippen LogP contribution in [0.1, 0.15) is 24.1 Å². The monoisotopic (exact) mass is 248 g/mol. The first-order valence-electron chi connectivity index (χ1n) is 6.35. The number of hydrogen-bond donors (Lipinski definition) is 2. The molecule has 0 aliphatic heterocycles. The van der Waals surface area contributed by atoms with Crippen molar-refractivity contribution in [2.45, 2.75) is 19.9 Å². The van der Waals surface area contributed by atoms with Gasteiger partial charge in [0.25, 0.3) is 0 Å². The van der Waals surface area contributed by atoms with E-state index < -0.39 is 0 Å². The van der Waals surface area contributed by atoms with Gasteiger partial charge in [0.05, 0.1) is 13.2 Å². The minimum absolute atomic E-state index is 0.194. The number of benzene rings is 1. The molecule has 0 saturated carbocycles. The number of nitrogens with one attached hydrogen (secondary N) is 1. The summed E-state index contributed by atoms with van der Waals surface area (Å²) in [5.41, 5.74) is 9.32. The lowest BCUT2D eigenvalue weighted by Crippen LogP contribution is -2.31. The van der Waals surface area contributed by atoms with E-state index in [1.165, 1.54) is 11.1 Å². The summed E-state index contributed by atoms with van der Waals surface area (Å²) in [6.45, 7) is 10.5. The van der Waals surface area contributed by atoms with Crippen LogP contribution >= 0.6 is 0 Å². The van der Waals surface area contributed by atoms with Gasteiger partial charge in [-0.1, -0.05) is 42.0 Å². The number of hydrogen-bond acceptors (Lipinski definition) is 3. The molecule has 0 bridgehead atoms. The van der Waals surface area contributed by atoms with Crippen molar-refractivity contribution in [2.75, 3.05) is 26.3 Å². The maximum Gasteiger partial charge on any atom is 0.0672 e. The van der Waals surface area contributed by atoms with Crippen LogP contribution in [-0.4, -0.2) is 26.3 Å². The summed E-state index contributed by atoms with van der Waals surface area (Å²) in [5, 5.41) is 3.40. The molecular weight excluding hydrogens is 224 g/mol. The predicted octanol–water partition coefficient (Wildman–Crippen LogP) is 2.18. The second kappa shape index (κ2) is 8.03. The lowest BCUT2D eigenvalue weighted by atomic mass is 10.1. The van der Waals surface area contributed by atoms with Crippen LogP contribution in [0, 0.1) is 6.92 Å². The van der Waals surface area contributed by atoms with Crippen LogP contribution in [0.15, 0.2) is 36.4 Å². The lowest BCUT2D eigenvalue weighted by Gasteiger charge is -2.17. The summed E-state index contributed by atoms with van der Waals surface area (Å²) in [5.74, 6) is 0. The molecule has 0 aliphatic rings. The molecule has 18 heavy (non-hydrogen) atoms. The van der Waals surface area contributed by atoms with E-state index in [0.717, 1.165) is 12.1 Å². The first-order chi connectivity index (χ1) is 8.63. The molecule has 0 spiro atoms. The Morgan fingerprint density at radius 1 is 1.39 bits per heavy atom. The zero-order valence-corrected chi connectivity index (χ0v) is 11.4. The second-order valence-corrected chi connectivity index (χ2v) is 4.66. The van der Waals surface area contributed by atoms with Gasteiger partial charge < -0.3 is 15.8 Å². The molecule has 1 atom stereocenters. The van der Waals surface area contributed by atoms with Crippen molar-refractivity contribution < 1.29 is 4.74 Å². The third kappa shape index (κ3) is 5.45. The largest absolute Gasteiger partial charge is 0.376 e. The maximum absolute atomic E-state index is 5.79. The van der Waals surface area contributed by atoms with Crippen LogP contribution < -0.4 is 11.1 Å². The van der Waals surface area contributed by atoms with Crippen molar-refractivity contribution in [1.29, 1.82) is 0 Å². The molecule has 0 aliphatic carbocycles. The average Bonchev–Trinajstić information content (AvgIpc) is 2.35. The van der Waals surface area contributed by atoms with Gasteiger partial charge in [-0.3, -0.25) is 0 Å². The molecule has 1 aromatic rings. The van der Waals surface area contributed by atoms with Gasteiger partial charge in [0, 0.05) is 19.1 Å². The summed E-state index contributed by atoms with van der Waals surface area (Å²) >= 11 is 0. The molecule has 100 valence electrons. The molecule has 1 unspecified atom stereocenters. The van der Waals surface area contributed by atoms with Crippen molar-refractivity contribution in [3.05, 3.63) is 47.5 Å². The highest BCUT2D eigenvalue weighted by Gasteiger charge is 2.07. The Morgan fingerprint density at radius 3 is 2.61 bits per heavy atom. The van der Waals surface area contributed by atoms with Crippen LogP contribution in [0.4, 0.5) is 0 Å². The molecule has 3 N–H and O–H groups in total. The Labute approximate surface area is 110 Å². The predicted molar refractivity (Wildman–Crippen MR) is 76.6 cm³/mol. The van der Waals surface area contributed by atoms with Crippen LogP contribution in [0.25, 0.3) is 0 Å². The average molecular weight is 248 g/mol. The Kier molecular flexibility index (Phi) is 6.65. The van der Waals surface area contributed by atoms with Gasteiger partial charge in [0.1, 0.15) is 0 Å². The van der Waals surface area contributed by atoms with Crippen molar-refractivity contribution in [3.8, 4) is 0 Å². The van der Waals surface area contributed by atoms with Crippen LogP contribution in [0.2, 0.25) is 0 Å². The van der Waals surface area contributed by atoms with Crippen molar-refractivity contribution in [3.63, 3.8) is 0 Å². The Hall–Kier alpha value is -1.16. The molecular formula is C15H24N2O. The second-order valence-electron chi connectivity index (χ2n) is 4.66. The maximum atomic E-state index is 5.79. The number of aryl methyl sites for hydroxylation is 1. The molecule has 3 nitrogen and oxygen atoms in total. The summed E-state index contributed by atoms with van der Waals surface area (Å²) in [4.78, 5) is 0. The molecule has 0 heterocycles. The summed E-state index contributed by atoms with van der Waals surface area (Å²) in [7, 11) is 0. The van der Waals surface area contributed by atoms with Crippen molar-refractivity contribution in [1.82, 2.24) is 5.32 Å². The smallest absolute Gasteiger partial charge is 0.0672 e. The highest BCUT2D eigenvalue weighted by molar-refractivity contribution is 5.24. The Balaban J connectivity index is 2.33. The molecule has 0 aromatic heterocycles. The summed E-state index contributed by atoms with van der Waals surface area (Å²) < 4.78 is 5.44. The van der Waals surface area contributed by atoms with Gasteiger partial charge >= 0.3 is 0 Å². The first kappa shape index (κ1) is 14.9. The Morgan fingerprint density at radius 2 is 2.06 bits per heavy atom. The minimum atomic E-state index is 0.194. The SMILES string of the molecule is C=C(C)COCCNC(CN)c1ccc(C)cc1. The number of ether oxygens (including phenoxy) is 1. The normalized spacial score (nSPS) is 12.4. The van der Waals surface area contributed by atoms with E-state index in [1.54, 1.807) is 0 Å². The van der Waals surface area contributed by atoms with Crippen LogP contribution in [0.5, 0.6) is 0 Å². The van der Waals surface area contributed by atoms with E-state index in [4.69, 9.17) is 10.5 Å². The fourth-order valence-electron chi connectivity index (χ4n) is 1.69. The van der Waals surface area contributed by atoms with E-state index in [-0.39, 0.29) is 6.04 Å². The molecule has 0 radical (unpaired) electrons. The summed E-state index contributed by atoms with van der Waals surface area (Å²) in [6.07, 6.45) is 0. The van der Waals surface area contributed by atoms with E-state index in [2.05, 4.69) is 43.1 Å². The van der Waals surface area contributed by atoms with Gasteiger partial charge in [-0.25, -0.2) is 0 Å². The standard InChI is InChI=1S/C15H24N2O/c1-12(2)11-18-9-8-17-15(10-16)14-6-4-13(3)5-7-14/h4-7,15,17H,1,8-11,16H2,2-3H3. The zero-order valence-electron chi connectivity index (χ0n) is 11.4. The molecule has 1 rings (SSSR count). The molecule has 0 saturated heterocycles. The van der Waals surface area contributed by atoms with Crippen LogP contribution in [-0.2, 0) is 4.74 Å². The minimum Gasteiger partial charge on any atom is -0.376 e. The molecule has 0 fully saturated rings. The van der Waals surface area contributed by atoms with Gasteiger partial charge in [-0.05, 0) is 19.4 Å². The molecule has 1 aromatic carbocycles. The third-order valence-corrected chi connectivity index (χ3v) is 2.70. The van der Waals surface area contributed by atoms with Gasteiger partial charge in [0.2, 0.25) is 0 Å². The zero-order chi connectivity index (χ0) is 13.4. The van der Waals surface area contributed by atoms with Gasteiger partial charge in [-0.15, -0.1) is 0 Å². The van der Waals surface area contributed by atoms with Crippen LogP contribution in [0.3, 0.4) is 0 Å². The first-order valence-corrected chi connectivity index (χ1v) is 6.35. The highest BCUT2D eigenvalue weighted by Crippen LogP contribution is 2.12. The van der Waals surface area contributed by atoms with E-state index in [1.807, 2.05) is 6.92 Å². The molecule has 0 amide bonds. The Bertz CT molecular complexity index is 359. The van der Waals surface area contributed by atoms with E-state index in [9.17, 15) is 0 Å². The number of nitrogens with two attached hydrogens (primary N) is 1. The fraction of sp³-hybridized carbons (Fsp3) is 0.467. The van der Waals surface area contributed by atoms with Gasteiger partial charge in [0.15, 0.2) is 0 Å². The van der Waals surface area contributed by atoms with E-state index >= 15 is 0 Å². The fourth-order valence-corrected chi connectivity index (χ4v) is 1.69. The van der Waals surface area contributed by atoms with Gasteiger partial charge in [-0.2, -0.15) is 0 Å². The van der Waals surface area contributed by atoms with Crippen molar-refractivity contribution in [2.24, 2.45) is 5.73 Å². The summed E-state index contributed by atoms with van der Waals surface area (Å²) in [6, 6.07) is 8.65. The third-order valence-electron chi connectivity index (χ3n) is 2.70.